The Kier molecular flexibility index (Phi) is 6.68. The number of hydrogen-bond donors (Lipinski definition) is 0. The number of halogens is 1. The van der Waals surface area contributed by atoms with Crippen LogP contribution in [0, 0.1) is 23.7 Å². The largest absolute Gasteiger partial charge is 0.353 e. The molecule has 1 aliphatic rings. The summed E-state index contributed by atoms with van der Waals surface area (Å²) in [5.41, 5.74) is 1.89. The van der Waals surface area contributed by atoms with Crippen molar-refractivity contribution in [2.75, 3.05) is 18.5 Å². The van der Waals surface area contributed by atoms with Gasteiger partial charge in [0.15, 0.2) is 6.29 Å². The van der Waals surface area contributed by atoms with Crippen molar-refractivity contribution in [3.63, 3.8) is 0 Å². The molecule has 1 aliphatic heterocycles. The molecule has 1 aromatic rings. The smallest absolute Gasteiger partial charge is 0.158 e. The second-order valence-electron chi connectivity index (χ2n) is 4.39. The molecule has 1 heterocycles. The summed E-state index contributed by atoms with van der Waals surface area (Å²) in [4.78, 5) is 0. The van der Waals surface area contributed by atoms with Crippen molar-refractivity contribution in [2.45, 2.75) is 25.6 Å². The summed E-state index contributed by atoms with van der Waals surface area (Å²) in [5.74, 6) is 12.2. The van der Waals surface area contributed by atoms with Gasteiger partial charge in [-0.3, -0.25) is 0 Å². The van der Waals surface area contributed by atoms with Gasteiger partial charge in [0.25, 0.3) is 0 Å². The average Bonchev–Trinajstić information content (AvgIpc) is 2.51. The van der Waals surface area contributed by atoms with Gasteiger partial charge in [-0.15, -0.1) is 0 Å². The van der Waals surface area contributed by atoms with Gasteiger partial charge in [-0.05, 0) is 31.4 Å². The second-order valence-corrected chi connectivity index (χ2v) is 4.95. The second kappa shape index (κ2) is 8.82. The van der Waals surface area contributed by atoms with Gasteiger partial charge in [-0.1, -0.05) is 51.7 Å². The number of alkyl halides is 1. The van der Waals surface area contributed by atoms with Crippen molar-refractivity contribution >= 4 is 15.9 Å². The summed E-state index contributed by atoms with van der Waals surface area (Å²) in [5, 5.41) is 0.664. The van der Waals surface area contributed by atoms with E-state index in [0.717, 1.165) is 30.6 Å². The zero-order valence-corrected chi connectivity index (χ0v) is 12.9. The van der Waals surface area contributed by atoms with E-state index in [0.29, 0.717) is 11.9 Å². The summed E-state index contributed by atoms with van der Waals surface area (Å²) in [6, 6.07) is 7.89. The molecule has 1 saturated heterocycles. The molecule has 104 valence electrons. The monoisotopic (exact) mass is 332 g/mol. The minimum atomic E-state index is -0.0820. The molecule has 2 rings (SSSR count). The Hall–Kier alpha value is -1.26. The Labute approximate surface area is 129 Å². The normalized spacial score (nSPS) is 17.6. The van der Waals surface area contributed by atoms with Gasteiger partial charge in [0.05, 0.1) is 5.33 Å². The third-order valence-corrected chi connectivity index (χ3v) is 3.20. The third kappa shape index (κ3) is 5.02. The van der Waals surface area contributed by atoms with Crippen molar-refractivity contribution in [2.24, 2.45) is 0 Å². The van der Waals surface area contributed by atoms with Gasteiger partial charge in [-0.25, -0.2) is 0 Å². The topological polar surface area (TPSA) is 18.5 Å². The lowest BCUT2D eigenvalue weighted by atomic mass is 10.1. The highest BCUT2D eigenvalue weighted by molar-refractivity contribution is 9.09. The fourth-order valence-corrected chi connectivity index (χ4v) is 2.08. The maximum Gasteiger partial charge on any atom is 0.158 e. The zero-order chi connectivity index (χ0) is 14.0. The first-order valence-electron chi connectivity index (χ1n) is 6.76. The van der Waals surface area contributed by atoms with E-state index in [4.69, 9.17) is 9.47 Å². The number of hydrogen-bond acceptors (Lipinski definition) is 2. The first kappa shape index (κ1) is 15.1. The van der Waals surface area contributed by atoms with Crippen LogP contribution in [0.3, 0.4) is 0 Å². The van der Waals surface area contributed by atoms with Crippen LogP contribution in [0.15, 0.2) is 24.3 Å². The molecule has 1 fully saturated rings. The SMILES string of the molecule is BrCC#Cc1ccccc1C#CCOC1CCCCO1. The van der Waals surface area contributed by atoms with Crippen molar-refractivity contribution in [1.29, 1.82) is 0 Å². The van der Waals surface area contributed by atoms with Crippen molar-refractivity contribution in [1.82, 2.24) is 0 Å². The number of rotatable bonds is 2. The van der Waals surface area contributed by atoms with Crippen molar-refractivity contribution in [3.05, 3.63) is 35.4 Å². The molecule has 0 bridgehead atoms. The number of ether oxygens (including phenoxy) is 2. The van der Waals surface area contributed by atoms with E-state index in [1.165, 1.54) is 6.42 Å². The quantitative estimate of drug-likeness (QED) is 0.611. The lowest BCUT2D eigenvalue weighted by molar-refractivity contribution is -0.154. The fraction of sp³-hybridized carbons (Fsp3) is 0.412. The fourth-order valence-electron chi connectivity index (χ4n) is 1.94. The summed E-state index contributed by atoms with van der Waals surface area (Å²) in [6.07, 6.45) is 3.19. The van der Waals surface area contributed by atoms with E-state index < -0.39 is 0 Å². The molecule has 0 N–H and O–H groups in total. The highest BCUT2D eigenvalue weighted by Gasteiger charge is 2.12. The predicted octanol–water partition coefficient (Wildman–Crippen LogP) is 3.33. The standard InChI is InChI=1S/C17H17BrO2/c18-12-5-9-15-7-1-2-8-16(15)10-6-14-20-17-11-3-4-13-19-17/h1-2,7-8,17H,3-4,11-14H2. The minimum absolute atomic E-state index is 0.0820. The van der Waals surface area contributed by atoms with E-state index in [1.54, 1.807) is 0 Å². The van der Waals surface area contributed by atoms with Crippen molar-refractivity contribution in [3.8, 4) is 23.7 Å². The van der Waals surface area contributed by atoms with Gasteiger partial charge in [0, 0.05) is 17.7 Å². The van der Waals surface area contributed by atoms with Crippen LogP contribution in [0.2, 0.25) is 0 Å². The molecule has 0 aromatic heterocycles. The summed E-state index contributed by atoms with van der Waals surface area (Å²) < 4.78 is 11.1. The minimum Gasteiger partial charge on any atom is -0.353 e. The summed E-state index contributed by atoms with van der Waals surface area (Å²) >= 11 is 3.30. The molecule has 0 aliphatic carbocycles. The van der Waals surface area contributed by atoms with Crippen LogP contribution < -0.4 is 0 Å². The molecule has 2 nitrogen and oxygen atoms in total. The Morgan fingerprint density at radius 1 is 1.15 bits per heavy atom. The van der Waals surface area contributed by atoms with E-state index in [2.05, 4.69) is 39.6 Å². The van der Waals surface area contributed by atoms with E-state index in [9.17, 15) is 0 Å². The molecule has 0 spiro atoms. The maximum atomic E-state index is 5.59. The van der Waals surface area contributed by atoms with Gasteiger partial charge in [-0.2, -0.15) is 0 Å². The Balaban J connectivity index is 1.91. The van der Waals surface area contributed by atoms with Crippen LogP contribution in [0.1, 0.15) is 30.4 Å². The summed E-state index contributed by atoms with van der Waals surface area (Å²) in [6.45, 7) is 1.19. The molecule has 0 radical (unpaired) electrons. The van der Waals surface area contributed by atoms with E-state index in [-0.39, 0.29) is 6.29 Å². The van der Waals surface area contributed by atoms with Crippen LogP contribution in [0.25, 0.3) is 0 Å². The molecule has 1 unspecified atom stereocenters. The Morgan fingerprint density at radius 2 is 1.90 bits per heavy atom. The van der Waals surface area contributed by atoms with Crippen LogP contribution >= 0.6 is 15.9 Å². The third-order valence-electron chi connectivity index (χ3n) is 2.92. The molecular formula is C17H17BrO2. The summed E-state index contributed by atoms with van der Waals surface area (Å²) in [7, 11) is 0. The van der Waals surface area contributed by atoms with Gasteiger partial charge >= 0.3 is 0 Å². The van der Waals surface area contributed by atoms with Crippen LogP contribution in [-0.4, -0.2) is 24.8 Å². The number of benzene rings is 1. The zero-order valence-electron chi connectivity index (χ0n) is 11.3. The van der Waals surface area contributed by atoms with E-state index in [1.807, 2.05) is 24.3 Å². The molecule has 20 heavy (non-hydrogen) atoms. The van der Waals surface area contributed by atoms with Crippen LogP contribution in [0.4, 0.5) is 0 Å². The predicted molar refractivity (Wildman–Crippen MR) is 83.5 cm³/mol. The Bertz CT molecular complexity index is 539. The molecular weight excluding hydrogens is 316 g/mol. The molecule has 1 atom stereocenters. The van der Waals surface area contributed by atoms with Crippen LogP contribution in [0.5, 0.6) is 0 Å². The first-order chi connectivity index (χ1) is 9.90. The highest BCUT2D eigenvalue weighted by Crippen LogP contribution is 2.13. The molecule has 0 saturated carbocycles. The van der Waals surface area contributed by atoms with Gasteiger partial charge in [0.2, 0.25) is 0 Å². The molecule has 1 aromatic carbocycles. The maximum absolute atomic E-state index is 5.59. The van der Waals surface area contributed by atoms with Gasteiger partial charge < -0.3 is 9.47 Å². The van der Waals surface area contributed by atoms with Crippen molar-refractivity contribution < 1.29 is 9.47 Å². The van der Waals surface area contributed by atoms with Crippen LogP contribution in [-0.2, 0) is 9.47 Å². The van der Waals surface area contributed by atoms with Gasteiger partial charge in [0.1, 0.15) is 6.61 Å². The Morgan fingerprint density at radius 3 is 2.55 bits per heavy atom. The lowest BCUT2D eigenvalue weighted by Crippen LogP contribution is -2.22. The molecule has 3 heteroatoms. The molecule has 0 amide bonds. The van der Waals surface area contributed by atoms with E-state index >= 15 is 0 Å². The highest BCUT2D eigenvalue weighted by atomic mass is 79.9. The lowest BCUT2D eigenvalue weighted by Gasteiger charge is -2.21. The average molecular weight is 333 g/mol. The first-order valence-corrected chi connectivity index (χ1v) is 7.88.